The lowest BCUT2D eigenvalue weighted by Gasteiger charge is -2.22. The van der Waals surface area contributed by atoms with E-state index in [2.05, 4.69) is 10.2 Å². The van der Waals surface area contributed by atoms with Gasteiger partial charge in [0.05, 0.1) is 5.56 Å². The van der Waals surface area contributed by atoms with Crippen LogP contribution in [-0.2, 0) is 0 Å². The van der Waals surface area contributed by atoms with Gasteiger partial charge in [0.15, 0.2) is 0 Å². The van der Waals surface area contributed by atoms with Crippen molar-refractivity contribution >= 4 is 11.7 Å². The lowest BCUT2D eigenvalue weighted by Crippen LogP contribution is -2.33. The average Bonchev–Trinajstić information content (AvgIpc) is 2.94. The van der Waals surface area contributed by atoms with Gasteiger partial charge in [-0.3, -0.25) is 4.90 Å². The average molecular weight is 246 g/mol. The van der Waals surface area contributed by atoms with E-state index in [-0.39, 0.29) is 0 Å². The van der Waals surface area contributed by atoms with Crippen LogP contribution in [0.4, 0.5) is 5.69 Å². The van der Waals surface area contributed by atoms with Crippen LogP contribution in [0.15, 0.2) is 24.3 Å². The standard InChI is InChI=1S/C14H18N2O2/c17-14(18)10-3-1-4-11(9-10)15-12-6-8-16-7-2-5-13(12)16/h1,3-4,9,12-13,15H,2,5-8H2,(H,17,18). The molecule has 2 aliphatic heterocycles. The molecule has 0 radical (unpaired) electrons. The molecule has 4 heteroatoms. The van der Waals surface area contributed by atoms with Gasteiger partial charge in [0.25, 0.3) is 0 Å². The molecule has 2 atom stereocenters. The minimum absolute atomic E-state index is 0.348. The van der Waals surface area contributed by atoms with E-state index in [1.54, 1.807) is 18.2 Å². The van der Waals surface area contributed by atoms with Crippen molar-refractivity contribution < 1.29 is 9.90 Å². The van der Waals surface area contributed by atoms with Gasteiger partial charge in [-0.2, -0.15) is 0 Å². The number of aromatic carboxylic acids is 1. The molecule has 2 unspecified atom stereocenters. The van der Waals surface area contributed by atoms with E-state index < -0.39 is 5.97 Å². The number of carbonyl (C=O) groups is 1. The molecule has 96 valence electrons. The predicted octanol–water partition coefficient (Wildman–Crippen LogP) is 2.03. The van der Waals surface area contributed by atoms with Crippen LogP contribution in [0.25, 0.3) is 0 Å². The molecule has 0 aliphatic carbocycles. The van der Waals surface area contributed by atoms with E-state index in [1.165, 1.54) is 25.9 Å². The van der Waals surface area contributed by atoms with Gasteiger partial charge < -0.3 is 10.4 Å². The second-order valence-electron chi connectivity index (χ2n) is 5.17. The van der Waals surface area contributed by atoms with Crippen LogP contribution in [0, 0.1) is 0 Å². The summed E-state index contributed by atoms with van der Waals surface area (Å²) >= 11 is 0. The first-order chi connectivity index (χ1) is 8.74. The first kappa shape index (κ1) is 11.5. The van der Waals surface area contributed by atoms with E-state index in [0.717, 1.165) is 12.1 Å². The third-order valence-corrected chi connectivity index (χ3v) is 4.07. The maximum atomic E-state index is 10.9. The Kier molecular flexibility index (Phi) is 2.96. The fraction of sp³-hybridized carbons (Fsp3) is 0.500. The van der Waals surface area contributed by atoms with E-state index in [1.807, 2.05) is 6.07 Å². The Labute approximate surface area is 107 Å². The van der Waals surface area contributed by atoms with Crippen molar-refractivity contribution in [2.75, 3.05) is 18.4 Å². The number of fused-ring (bicyclic) bond motifs is 1. The fourth-order valence-electron chi connectivity index (χ4n) is 3.21. The Morgan fingerprint density at radius 3 is 3.06 bits per heavy atom. The third-order valence-electron chi connectivity index (χ3n) is 4.07. The summed E-state index contributed by atoms with van der Waals surface area (Å²) in [5.74, 6) is -0.868. The maximum absolute atomic E-state index is 10.9. The molecule has 0 spiro atoms. The maximum Gasteiger partial charge on any atom is 0.335 e. The summed E-state index contributed by atoms with van der Waals surface area (Å²) in [7, 11) is 0. The quantitative estimate of drug-likeness (QED) is 0.857. The van der Waals surface area contributed by atoms with Crippen molar-refractivity contribution in [1.29, 1.82) is 0 Å². The van der Waals surface area contributed by atoms with Gasteiger partial charge in [-0.25, -0.2) is 4.79 Å². The van der Waals surface area contributed by atoms with E-state index >= 15 is 0 Å². The minimum atomic E-state index is -0.868. The van der Waals surface area contributed by atoms with Crippen LogP contribution < -0.4 is 5.32 Å². The first-order valence-electron chi connectivity index (χ1n) is 6.58. The minimum Gasteiger partial charge on any atom is -0.478 e. The molecule has 2 N–H and O–H groups in total. The molecule has 18 heavy (non-hydrogen) atoms. The lowest BCUT2D eigenvalue weighted by molar-refractivity contribution is 0.0697. The molecular formula is C14H18N2O2. The van der Waals surface area contributed by atoms with E-state index in [0.29, 0.717) is 17.6 Å². The first-order valence-corrected chi connectivity index (χ1v) is 6.58. The second kappa shape index (κ2) is 4.61. The number of hydrogen-bond acceptors (Lipinski definition) is 3. The molecule has 3 rings (SSSR count). The van der Waals surface area contributed by atoms with Gasteiger partial charge in [-0.05, 0) is 44.0 Å². The van der Waals surface area contributed by atoms with Gasteiger partial charge in [0, 0.05) is 24.3 Å². The Morgan fingerprint density at radius 2 is 2.22 bits per heavy atom. The topological polar surface area (TPSA) is 52.6 Å². The van der Waals surface area contributed by atoms with Crippen LogP contribution in [0.2, 0.25) is 0 Å². The number of rotatable bonds is 3. The van der Waals surface area contributed by atoms with Crippen LogP contribution in [-0.4, -0.2) is 41.1 Å². The van der Waals surface area contributed by atoms with Gasteiger partial charge in [0.2, 0.25) is 0 Å². The second-order valence-corrected chi connectivity index (χ2v) is 5.17. The summed E-state index contributed by atoms with van der Waals surface area (Å²) in [6.45, 7) is 2.39. The summed E-state index contributed by atoms with van der Waals surface area (Å²) in [5, 5.41) is 12.5. The molecule has 0 bridgehead atoms. The monoisotopic (exact) mass is 246 g/mol. The number of nitrogens with one attached hydrogen (secondary N) is 1. The number of nitrogens with zero attached hydrogens (tertiary/aromatic N) is 1. The van der Waals surface area contributed by atoms with Gasteiger partial charge in [0.1, 0.15) is 0 Å². The van der Waals surface area contributed by atoms with Crippen LogP contribution >= 0.6 is 0 Å². The van der Waals surface area contributed by atoms with Crippen LogP contribution in [0.1, 0.15) is 29.6 Å². The smallest absolute Gasteiger partial charge is 0.335 e. The zero-order chi connectivity index (χ0) is 12.5. The van der Waals surface area contributed by atoms with E-state index in [4.69, 9.17) is 5.11 Å². The molecule has 1 aromatic rings. The summed E-state index contributed by atoms with van der Waals surface area (Å²) < 4.78 is 0. The highest BCUT2D eigenvalue weighted by Gasteiger charge is 2.36. The van der Waals surface area contributed by atoms with Crippen LogP contribution in [0.5, 0.6) is 0 Å². The molecule has 2 heterocycles. The molecule has 0 aromatic heterocycles. The van der Waals surface area contributed by atoms with Crippen molar-refractivity contribution in [2.45, 2.75) is 31.3 Å². The SMILES string of the molecule is O=C(O)c1cccc(NC2CCN3CCCC23)c1. The molecule has 0 amide bonds. The lowest BCUT2D eigenvalue weighted by atomic mass is 10.1. The van der Waals surface area contributed by atoms with Gasteiger partial charge in [-0.1, -0.05) is 6.07 Å². The Morgan fingerprint density at radius 1 is 1.33 bits per heavy atom. The Bertz CT molecular complexity index is 461. The largest absolute Gasteiger partial charge is 0.478 e. The highest BCUT2D eigenvalue weighted by atomic mass is 16.4. The summed E-state index contributed by atoms with van der Waals surface area (Å²) in [6, 6.07) is 8.20. The third kappa shape index (κ3) is 2.08. The highest BCUT2D eigenvalue weighted by molar-refractivity contribution is 5.88. The highest BCUT2D eigenvalue weighted by Crippen LogP contribution is 2.30. The van der Waals surface area contributed by atoms with E-state index in [9.17, 15) is 4.79 Å². The van der Waals surface area contributed by atoms with Crippen molar-refractivity contribution in [3.8, 4) is 0 Å². The molecule has 4 nitrogen and oxygen atoms in total. The number of benzene rings is 1. The Balaban J connectivity index is 1.72. The molecule has 2 saturated heterocycles. The van der Waals surface area contributed by atoms with Gasteiger partial charge >= 0.3 is 5.97 Å². The molecular weight excluding hydrogens is 228 g/mol. The Hall–Kier alpha value is -1.55. The number of carboxylic acids is 1. The zero-order valence-corrected chi connectivity index (χ0v) is 10.3. The number of hydrogen-bond donors (Lipinski definition) is 2. The van der Waals surface area contributed by atoms with Crippen LogP contribution in [0.3, 0.4) is 0 Å². The van der Waals surface area contributed by atoms with Gasteiger partial charge in [-0.15, -0.1) is 0 Å². The number of carboxylic acid groups (broad SMARTS) is 1. The van der Waals surface area contributed by atoms with Crippen molar-refractivity contribution in [1.82, 2.24) is 4.90 Å². The van der Waals surface area contributed by atoms with Crippen molar-refractivity contribution in [3.63, 3.8) is 0 Å². The zero-order valence-electron chi connectivity index (χ0n) is 10.3. The molecule has 0 saturated carbocycles. The predicted molar refractivity (Wildman–Crippen MR) is 70.0 cm³/mol. The summed E-state index contributed by atoms with van der Waals surface area (Å²) in [5.41, 5.74) is 1.27. The summed E-state index contributed by atoms with van der Waals surface area (Å²) in [4.78, 5) is 13.5. The van der Waals surface area contributed by atoms with Crippen molar-refractivity contribution in [2.24, 2.45) is 0 Å². The van der Waals surface area contributed by atoms with Crippen molar-refractivity contribution in [3.05, 3.63) is 29.8 Å². The summed E-state index contributed by atoms with van der Waals surface area (Å²) in [6.07, 6.45) is 3.70. The number of anilines is 1. The fourth-order valence-corrected chi connectivity index (χ4v) is 3.21. The molecule has 2 fully saturated rings. The molecule has 1 aromatic carbocycles. The molecule has 2 aliphatic rings. The normalized spacial score (nSPS) is 27.1.